The van der Waals surface area contributed by atoms with Crippen LogP contribution in [0.5, 0.6) is 0 Å². The Labute approximate surface area is 107 Å². The number of nitrogens with one attached hydrogen (secondary N) is 1. The number of halogens is 1. The normalized spacial score (nSPS) is 12.6. The molecule has 1 atom stereocenters. The quantitative estimate of drug-likeness (QED) is 0.722. The minimum Gasteiger partial charge on any atom is -0.309 e. The minimum absolute atomic E-state index is 0.191. The summed E-state index contributed by atoms with van der Waals surface area (Å²) in [4.78, 5) is 4.07. The molecule has 96 valence electrons. The van der Waals surface area contributed by atoms with Crippen molar-refractivity contribution in [1.29, 1.82) is 0 Å². The lowest BCUT2D eigenvalue weighted by Gasteiger charge is -2.12. The van der Waals surface area contributed by atoms with Crippen LogP contribution in [0, 0.1) is 5.82 Å². The molecule has 0 saturated carbocycles. The van der Waals surface area contributed by atoms with Crippen LogP contribution in [-0.2, 0) is 0 Å². The molecule has 17 heavy (non-hydrogen) atoms. The van der Waals surface area contributed by atoms with Crippen molar-refractivity contribution in [2.24, 2.45) is 0 Å². The van der Waals surface area contributed by atoms with Crippen molar-refractivity contribution in [3.05, 3.63) is 29.8 Å². The van der Waals surface area contributed by atoms with Crippen LogP contribution < -0.4 is 5.32 Å². The van der Waals surface area contributed by atoms with E-state index in [4.69, 9.17) is 0 Å². The zero-order valence-electron chi connectivity index (χ0n) is 10.6. The summed E-state index contributed by atoms with van der Waals surface area (Å²) in [6.45, 7) is 3.05. The molecule has 0 amide bonds. The standard InChI is InChI=1S/C13H21FN2S/c1-11(13-7-6-12(14)10-16-13)15-8-4-3-5-9-17-2/h6-7,10-11,15H,3-5,8-9H2,1-2H3. The molecule has 1 aromatic heterocycles. The van der Waals surface area contributed by atoms with Gasteiger partial charge in [-0.05, 0) is 50.5 Å². The Kier molecular flexibility index (Phi) is 7.21. The third-order valence-electron chi connectivity index (χ3n) is 2.67. The lowest BCUT2D eigenvalue weighted by molar-refractivity contribution is 0.531. The molecular formula is C13H21FN2S. The van der Waals surface area contributed by atoms with Crippen LogP contribution in [0.3, 0.4) is 0 Å². The molecule has 1 heterocycles. The molecule has 2 nitrogen and oxygen atoms in total. The molecule has 0 bridgehead atoms. The monoisotopic (exact) mass is 256 g/mol. The van der Waals surface area contributed by atoms with Crippen molar-refractivity contribution in [2.75, 3.05) is 18.6 Å². The molecule has 1 aromatic rings. The fraction of sp³-hybridized carbons (Fsp3) is 0.615. The fourth-order valence-corrected chi connectivity index (χ4v) is 2.11. The van der Waals surface area contributed by atoms with Crippen molar-refractivity contribution < 1.29 is 4.39 Å². The van der Waals surface area contributed by atoms with Crippen LogP contribution in [0.15, 0.2) is 18.3 Å². The second-order valence-electron chi connectivity index (χ2n) is 4.13. The Morgan fingerprint density at radius 1 is 1.35 bits per heavy atom. The highest BCUT2D eigenvalue weighted by atomic mass is 32.2. The summed E-state index contributed by atoms with van der Waals surface area (Å²) in [6, 6.07) is 3.39. The number of rotatable bonds is 8. The van der Waals surface area contributed by atoms with E-state index in [1.165, 1.54) is 37.3 Å². The third-order valence-corrected chi connectivity index (χ3v) is 3.37. The minimum atomic E-state index is -0.280. The van der Waals surface area contributed by atoms with E-state index >= 15 is 0 Å². The molecule has 0 fully saturated rings. The average molecular weight is 256 g/mol. The predicted molar refractivity (Wildman–Crippen MR) is 72.8 cm³/mol. The van der Waals surface area contributed by atoms with E-state index in [1.807, 2.05) is 11.8 Å². The molecule has 1 unspecified atom stereocenters. The van der Waals surface area contributed by atoms with E-state index in [9.17, 15) is 4.39 Å². The first-order chi connectivity index (χ1) is 8.24. The van der Waals surface area contributed by atoms with Gasteiger partial charge in [-0.1, -0.05) is 6.42 Å². The fourth-order valence-electron chi connectivity index (χ4n) is 1.61. The summed E-state index contributed by atoms with van der Waals surface area (Å²) < 4.78 is 12.7. The molecule has 0 aliphatic heterocycles. The Hall–Kier alpha value is -0.610. The maximum absolute atomic E-state index is 12.7. The lowest BCUT2D eigenvalue weighted by atomic mass is 10.2. The van der Waals surface area contributed by atoms with Crippen LogP contribution in [0.1, 0.15) is 37.9 Å². The summed E-state index contributed by atoms with van der Waals surface area (Å²) in [7, 11) is 0. The molecule has 1 rings (SSSR count). The van der Waals surface area contributed by atoms with E-state index in [0.717, 1.165) is 12.2 Å². The topological polar surface area (TPSA) is 24.9 Å². The van der Waals surface area contributed by atoms with Gasteiger partial charge in [-0.2, -0.15) is 11.8 Å². The second kappa shape index (κ2) is 8.48. The largest absolute Gasteiger partial charge is 0.309 e. The number of aromatic nitrogens is 1. The molecule has 0 radical (unpaired) electrons. The number of pyridine rings is 1. The maximum Gasteiger partial charge on any atom is 0.141 e. The number of unbranched alkanes of at least 4 members (excludes halogenated alkanes) is 2. The first-order valence-electron chi connectivity index (χ1n) is 6.08. The Morgan fingerprint density at radius 3 is 2.82 bits per heavy atom. The highest BCUT2D eigenvalue weighted by Crippen LogP contribution is 2.09. The van der Waals surface area contributed by atoms with Gasteiger partial charge in [0.15, 0.2) is 0 Å². The van der Waals surface area contributed by atoms with E-state index < -0.39 is 0 Å². The van der Waals surface area contributed by atoms with Crippen molar-refractivity contribution in [2.45, 2.75) is 32.2 Å². The van der Waals surface area contributed by atoms with Gasteiger partial charge >= 0.3 is 0 Å². The number of hydrogen-bond donors (Lipinski definition) is 1. The lowest BCUT2D eigenvalue weighted by Crippen LogP contribution is -2.20. The molecule has 4 heteroatoms. The second-order valence-corrected chi connectivity index (χ2v) is 5.12. The zero-order chi connectivity index (χ0) is 12.5. The van der Waals surface area contributed by atoms with Gasteiger partial charge in [-0.3, -0.25) is 4.98 Å². The van der Waals surface area contributed by atoms with Gasteiger partial charge in [0.25, 0.3) is 0 Å². The highest BCUT2D eigenvalue weighted by molar-refractivity contribution is 7.98. The van der Waals surface area contributed by atoms with E-state index in [1.54, 1.807) is 6.07 Å². The number of nitrogens with zero attached hydrogens (tertiary/aromatic N) is 1. The van der Waals surface area contributed by atoms with E-state index in [0.29, 0.717) is 0 Å². The van der Waals surface area contributed by atoms with Crippen molar-refractivity contribution in [3.63, 3.8) is 0 Å². The molecular weight excluding hydrogens is 235 g/mol. The van der Waals surface area contributed by atoms with Gasteiger partial charge in [0.1, 0.15) is 5.82 Å². The summed E-state index contributed by atoms with van der Waals surface area (Å²) in [6.07, 6.45) is 7.14. The molecule has 1 N–H and O–H groups in total. The van der Waals surface area contributed by atoms with Crippen LogP contribution >= 0.6 is 11.8 Å². The highest BCUT2D eigenvalue weighted by Gasteiger charge is 2.05. The summed E-state index contributed by atoms with van der Waals surface area (Å²) in [5.74, 6) is 0.965. The van der Waals surface area contributed by atoms with Crippen molar-refractivity contribution in [3.8, 4) is 0 Å². The van der Waals surface area contributed by atoms with E-state index in [-0.39, 0.29) is 11.9 Å². The number of hydrogen-bond acceptors (Lipinski definition) is 3. The third kappa shape index (κ3) is 6.03. The zero-order valence-corrected chi connectivity index (χ0v) is 11.4. The van der Waals surface area contributed by atoms with Crippen LogP contribution in [0.25, 0.3) is 0 Å². The predicted octanol–water partition coefficient (Wildman–Crippen LogP) is 3.40. The molecule has 0 aliphatic rings. The van der Waals surface area contributed by atoms with Gasteiger partial charge in [0.2, 0.25) is 0 Å². The SMILES string of the molecule is CSCCCCCNC(C)c1ccc(F)cn1. The van der Waals surface area contributed by atoms with Crippen molar-refractivity contribution in [1.82, 2.24) is 10.3 Å². The Bertz CT molecular complexity index is 303. The van der Waals surface area contributed by atoms with Gasteiger partial charge in [0.05, 0.1) is 11.9 Å². The smallest absolute Gasteiger partial charge is 0.141 e. The van der Waals surface area contributed by atoms with Crippen LogP contribution in [0.2, 0.25) is 0 Å². The molecule has 0 saturated heterocycles. The van der Waals surface area contributed by atoms with Crippen LogP contribution in [-0.4, -0.2) is 23.5 Å². The van der Waals surface area contributed by atoms with E-state index in [2.05, 4.69) is 23.5 Å². The Morgan fingerprint density at radius 2 is 2.18 bits per heavy atom. The molecule has 0 spiro atoms. The van der Waals surface area contributed by atoms with Gasteiger partial charge in [-0.15, -0.1) is 0 Å². The molecule has 0 aromatic carbocycles. The van der Waals surface area contributed by atoms with Gasteiger partial charge in [0, 0.05) is 6.04 Å². The number of thioether (sulfide) groups is 1. The summed E-state index contributed by atoms with van der Waals surface area (Å²) in [5.41, 5.74) is 0.899. The van der Waals surface area contributed by atoms with Gasteiger partial charge in [-0.25, -0.2) is 4.39 Å². The summed E-state index contributed by atoms with van der Waals surface area (Å²) >= 11 is 1.90. The van der Waals surface area contributed by atoms with Crippen molar-refractivity contribution >= 4 is 11.8 Å². The first-order valence-corrected chi connectivity index (χ1v) is 7.47. The van der Waals surface area contributed by atoms with Gasteiger partial charge < -0.3 is 5.32 Å². The maximum atomic E-state index is 12.7. The molecule has 0 aliphatic carbocycles. The summed E-state index contributed by atoms with van der Waals surface area (Å²) in [5, 5.41) is 3.40. The Balaban J connectivity index is 2.16. The van der Waals surface area contributed by atoms with Crippen LogP contribution in [0.4, 0.5) is 4.39 Å². The first kappa shape index (κ1) is 14.5. The average Bonchev–Trinajstić information content (AvgIpc) is 2.34.